The van der Waals surface area contributed by atoms with Gasteiger partial charge in [0.25, 0.3) is 0 Å². The van der Waals surface area contributed by atoms with E-state index in [0.717, 1.165) is 38.0 Å². The zero-order valence-electron chi connectivity index (χ0n) is 17.7. The number of carbonyl (C=O) groups is 1. The highest BCUT2D eigenvalue weighted by Gasteiger charge is 2.14. The smallest absolute Gasteiger partial charge is 0.239 e. The van der Waals surface area contributed by atoms with Gasteiger partial charge in [0.2, 0.25) is 11.9 Å². The summed E-state index contributed by atoms with van der Waals surface area (Å²) < 4.78 is 1.81. The summed E-state index contributed by atoms with van der Waals surface area (Å²) in [6.07, 6.45) is 7.46. The summed E-state index contributed by atoms with van der Waals surface area (Å²) in [5.74, 6) is 2.23. The van der Waals surface area contributed by atoms with Gasteiger partial charge in [0.05, 0.1) is 6.54 Å². The molecule has 168 valence electrons. The van der Waals surface area contributed by atoms with Crippen LogP contribution >= 0.6 is 11.6 Å². The Morgan fingerprint density at radius 2 is 1.97 bits per heavy atom. The van der Waals surface area contributed by atoms with E-state index in [9.17, 15) is 4.79 Å². The number of aromatic nitrogens is 4. The minimum Gasteiger partial charge on any atom is -0.361 e. The van der Waals surface area contributed by atoms with Crippen LogP contribution in [0.5, 0.6) is 0 Å². The second-order valence-corrected chi connectivity index (χ2v) is 8.17. The van der Waals surface area contributed by atoms with E-state index in [0.29, 0.717) is 35.1 Å². The largest absolute Gasteiger partial charge is 0.361 e. The molecule has 4 N–H and O–H groups in total. The Kier molecular flexibility index (Phi) is 7.52. The second-order valence-electron chi connectivity index (χ2n) is 7.74. The molecule has 0 aliphatic carbocycles. The number of carbonyl (C=O) groups excluding carboxylic acids is 1. The molecule has 1 aliphatic heterocycles. The first-order valence-electron chi connectivity index (χ1n) is 10.7. The molecular weight excluding hydrogens is 428 g/mol. The lowest BCUT2D eigenvalue weighted by Crippen LogP contribution is -2.31. The molecule has 0 bridgehead atoms. The Bertz CT molecular complexity index is 1000. The van der Waals surface area contributed by atoms with Crippen molar-refractivity contribution < 1.29 is 4.79 Å². The third-order valence-corrected chi connectivity index (χ3v) is 5.57. The summed E-state index contributed by atoms with van der Waals surface area (Å²) in [5, 5.41) is 13.4. The number of nitrogens with zero attached hydrogens (tertiary/aromatic N) is 4. The molecule has 0 unspecified atom stereocenters. The van der Waals surface area contributed by atoms with Crippen LogP contribution in [0.25, 0.3) is 5.82 Å². The fraction of sp³-hybridized carbons (Fsp3) is 0.364. The average molecular weight is 455 g/mol. The molecule has 32 heavy (non-hydrogen) atoms. The van der Waals surface area contributed by atoms with Crippen LogP contribution in [0.2, 0.25) is 5.02 Å². The maximum atomic E-state index is 12.3. The van der Waals surface area contributed by atoms with E-state index in [4.69, 9.17) is 11.6 Å². The van der Waals surface area contributed by atoms with E-state index in [1.165, 1.54) is 0 Å². The molecule has 1 aliphatic rings. The molecule has 4 rings (SSSR count). The Morgan fingerprint density at radius 3 is 2.72 bits per heavy atom. The number of piperidine rings is 1. The number of amides is 1. The van der Waals surface area contributed by atoms with E-state index in [1.807, 2.05) is 22.9 Å². The van der Waals surface area contributed by atoms with Gasteiger partial charge in [-0.2, -0.15) is 9.97 Å². The van der Waals surface area contributed by atoms with Crippen molar-refractivity contribution in [3.8, 4) is 5.82 Å². The Balaban J connectivity index is 1.37. The first-order valence-corrected chi connectivity index (χ1v) is 11.1. The Labute approximate surface area is 192 Å². The Morgan fingerprint density at radius 1 is 1.16 bits per heavy atom. The van der Waals surface area contributed by atoms with Gasteiger partial charge in [0.1, 0.15) is 18.0 Å². The maximum absolute atomic E-state index is 12.3. The van der Waals surface area contributed by atoms with Crippen LogP contribution < -0.4 is 21.3 Å². The van der Waals surface area contributed by atoms with Crippen molar-refractivity contribution >= 4 is 29.3 Å². The zero-order chi connectivity index (χ0) is 22.2. The van der Waals surface area contributed by atoms with Crippen molar-refractivity contribution in [1.29, 1.82) is 0 Å². The van der Waals surface area contributed by atoms with Crippen molar-refractivity contribution in [1.82, 2.24) is 30.2 Å². The minimum atomic E-state index is -0.132. The zero-order valence-corrected chi connectivity index (χ0v) is 18.5. The van der Waals surface area contributed by atoms with Gasteiger partial charge in [-0.25, -0.2) is 4.98 Å². The van der Waals surface area contributed by atoms with E-state index < -0.39 is 0 Å². The second kappa shape index (κ2) is 10.9. The molecular formula is C22H27ClN8O. The highest BCUT2D eigenvalue weighted by atomic mass is 35.5. The first kappa shape index (κ1) is 22.0. The molecule has 0 spiro atoms. The number of hydrogen-bond donors (Lipinski definition) is 4. The number of nitrogens with one attached hydrogen (secondary N) is 4. The van der Waals surface area contributed by atoms with E-state index in [2.05, 4.69) is 36.2 Å². The number of rotatable bonds is 9. The molecule has 1 aromatic carbocycles. The molecule has 1 amide bonds. The third kappa shape index (κ3) is 6.41. The molecule has 0 saturated carbocycles. The Hall–Kier alpha value is -3.17. The molecule has 0 radical (unpaired) electrons. The van der Waals surface area contributed by atoms with Crippen LogP contribution in [0.4, 0.5) is 11.8 Å². The number of hydrogen-bond acceptors (Lipinski definition) is 7. The standard InChI is InChI=1S/C22H27ClN8O/c23-18-3-1-16(2-4-18)12-27-21(32)14-26-19-11-20(31-10-9-25-15-31)30-22(29-19)28-13-17-5-7-24-8-6-17/h1-4,9-11,15,17,24H,5-8,12-14H2,(H,27,32)(H2,26,28,29,30). The van der Waals surface area contributed by atoms with Crippen LogP contribution in [0.1, 0.15) is 18.4 Å². The summed E-state index contributed by atoms with van der Waals surface area (Å²) in [6, 6.07) is 9.18. The summed E-state index contributed by atoms with van der Waals surface area (Å²) >= 11 is 5.90. The van der Waals surface area contributed by atoms with Crippen molar-refractivity contribution in [2.45, 2.75) is 19.4 Å². The predicted molar refractivity (Wildman–Crippen MR) is 125 cm³/mol. The van der Waals surface area contributed by atoms with Crippen molar-refractivity contribution in [3.05, 3.63) is 59.6 Å². The average Bonchev–Trinajstić information content (AvgIpc) is 3.37. The number of anilines is 2. The molecule has 0 atom stereocenters. The molecule has 9 nitrogen and oxygen atoms in total. The molecule has 1 fully saturated rings. The lowest BCUT2D eigenvalue weighted by atomic mass is 9.98. The van der Waals surface area contributed by atoms with Crippen LogP contribution in [-0.2, 0) is 11.3 Å². The highest BCUT2D eigenvalue weighted by molar-refractivity contribution is 6.30. The normalized spacial score (nSPS) is 14.2. The van der Waals surface area contributed by atoms with Gasteiger partial charge < -0.3 is 21.3 Å². The maximum Gasteiger partial charge on any atom is 0.239 e. The van der Waals surface area contributed by atoms with Crippen LogP contribution in [0.3, 0.4) is 0 Å². The molecule has 2 aromatic heterocycles. The molecule has 3 heterocycles. The minimum absolute atomic E-state index is 0.0989. The molecule has 10 heteroatoms. The number of halogens is 1. The first-order chi connectivity index (χ1) is 15.7. The molecule has 3 aromatic rings. The summed E-state index contributed by atoms with van der Waals surface area (Å²) in [7, 11) is 0. The monoisotopic (exact) mass is 454 g/mol. The van der Waals surface area contributed by atoms with Crippen molar-refractivity contribution in [2.24, 2.45) is 5.92 Å². The SMILES string of the molecule is O=C(CNc1cc(-n2ccnc2)nc(NCC2CCNCC2)n1)NCc1ccc(Cl)cc1. The van der Waals surface area contributed by atoms with Crippen LogP contribution in [-0.4, -0.2) is 51.6 Å². The lowest BCUT2D eigenvalue weighted by molar-refractivity contribution is -0.119. The van der Waals surface area contributed by atoms with Gasteiger partial charge in [-0.1, -0.05) is 23.7 Å². The van der Waals surface area contributed by atoms with Crippen LogP contribution in [0, 0.1) is 5.92 Å². The topological polar surface area (TPSA) is 109 Å². The van der Waals surface area contributed by atoms with Gasteiger partial charge in [-0.3, -0.25) is 9.36 Å². The van der Waals surface area contributed by atoms with Gasteiger partial charge in [-0.05, 0) is 49.5 Å². The van der Waals surface area contributed by atoms with Gasteiger partial charge in [0, 0.05) is 36.6 Å². The van der Waals surface area contributed by atoms with Crippen LogP contribution in [0.15, 0.2) is 49.1 Å². The summed E-state index contributed by atoms with van der Waals surface area (Å²) in [4.78, 5) is 25.6. The fourth-order valence-electron chi connectivity index (χ4n) is 3.49. The van der Waals surface area contributed by atoms with E-state index in [1.54, 1.807) is 30.7 Å². The highest BCUT2D eigenvalue weighted by Crippen LogP contribution is 2.16. The van der Waals surface area contributed by atoms with Gasteiger partial charge in [0.15, 0.2) is 0 Å². The fourth-order valence-corrected chi connectivity index (χ4v) is 3.61. The van der Waals surface area contributed by atoms with E-state index in [-0.39, 0.29) is 12.5 Å². The predicted octanol–water partition coefficient (Wildman–Crippen LogP) is 2.46. The molecule has 1 saturated heterocycles. The number of imidazole rings is 1. The van der Waals surface area contributed by atoms with E-state index >= 15 is 0 Å². The lowest BCUT2D eigenvalue weighted by Gasteiger charge is -2.23. The summed E-state index contributed by atoms with van der Waals surface area (Å²) in [6.45, 7) is 3.43. The summed E-state index contributed by atoms with van der Waals surface area (Å²) in [5.41, 5.74) is 0.983. The number of benzene rings is 1. The van der Waals surface area contributed by atoms with Crippen molar-refractivity contribution in [3.63, 3.8) is 0 Å². The quantitative estimate of drug-likeness (QED) is 0.393. The third-order valence-electron chi connectivity index (χ3n) is 5.32. The van der Waals surface area contributed by atoms with Gasteiger partial charge >= 0.3 is 0 Å². The van der Waals surface area contributed by atoms with Crippen molar-refractivity contribution in [2.75, 3.05) is 36.8 Å². The van der Waals surface area contributed by atoms with Gasteiger partial charge in [-0.15, -0.1) is 0 Å².